The van der Waals surface area contributed by atoms with E-state index in [1.54, 1.807) is 76.3 Å². The van der Waals surface area contributed by atoms with Gasteiger partial charge >= 0.3 is 31.5 Å². The first kappa shape index (κ1) is 164. The van der Waals surface area contributed by atoms with Gasteiger partial charge in [-0.25, -0.2) is 26.3 Å². The van der Waals surface area contributed by atoms with Crippen LogP contribution in [0.3, 0.4) is 0 Å². The molecular weight excluding hydrogens is 1760 g/mol. The largest absolute Gasteiger partial charge is 0.522 e. The molecule has 0 bridgehead atoms. The number of methoxy groups -OCH3 is 1. The van der Waals surface area contributed by atoms with E-state index in [0.717, 1.165) is 67.3 Å². The second-order valence-electron chi connectivity index (χ2n) is 42.7. The standard InChI is InChI=1S/C8H15F3.C8H16F2.C8H17F.C8H18.C7H13F3O.2C7H13F3.C7H14F2O.C7H14F2.C7H15F.C7H16O.C7H16.C6H12F2.C6H13F.C6H14/c1-6(2)7(3)4-5-8(9,10)11;1-6(2)7(3)4-5-8(9)10;1-7(2)8(3)5-4-6-9;1-5-6-8(4)7(2)3;1-5(2)6(3)4-11-7(8,9)10;2*1-5(2)6(3)4-7(8,9)10;1-5(2)6(3)4-10-7(8)9;1-5(2)6(3)4-7(8)9;1-6(2)7(3)4-5-8;1-6(2)7(3)5-8-4;1-5-7(4)6(2)3;1-4(2)5(3)6(7)8;1-5(2)6(3)4-7;1-5(2)6(3)4/h6-7H,4-5H2,1-3H3;6-8H,4-5H2,1-3H3;7-8H,4-6H2,1-3H3;7-8H,5-6H2,1-4H3;5-6H,4H2,1-3H3;2*5-6H,4H2,1-3H3;5-7H,4H2,1-3H3;5-7H,4H2,1-3H3;6-7H,4-5H2,1-3H3;6-7H,5H2,1-4H3;6-7H,5H2,1-4H3;4-6H,1-3H3;5-6H,4H2,1-3H3;5-6H,1-4H3. The quantitative estimate of drug-likeness (QED) is 0.0571. The first-order valence-corrected chi connectivity index (χ1v) is 50.0. The summed E-state index contributed by atoms with van der Waals surface area (Å²) in [5.41, 5.74) is 0. The van der Waals surface area contributed by atoms with Crippen LogP contribution in [0.4, 0.5) is 101 Å². The van der Waals surface area contributed by atoms with Crippen molar-refractivity contribution < 1.29 is 115 Å². The molecule has 0 aliphatic heterocycles. The van der Waals surface area contributed by atoms with E-state index in [9.17, 15) is 101 Å². The van der Waals surface area contributed by atoms with Gasteiger partial charge in [-0.2, -0.15) is 48.3 Å². The first-order chi connectivity index (χ1) is 59.2. The Balaban J connectivity index is -0.0000000857. The first-order valence-electron chi connectivity index (χ1n) is 50.0. The van der Waals surface area contributed by atoms with E-state index in [4.69, 9.17) is 4.74 Å². The molecule has 0 rings (SSSR count). The fourth-order valence-corrected chi connectivity index (χ4v) is 7.46. The van der Waals surface area contributed by atoms with E-state index in [2.05, 4.69) is 169 Å². The van der Waals surface area contributed by atoms with Crippen molar-refractivity contribution >= 4 is 0 Å². The Kier molecular flexibility index (Phi) is 123. The summed E-state index contributed by atoms with van der Waals surface area (Å²) < 4.78 is 280. The van der Waals surface area contributed by atoms with Crippen molar-refractivity contribution in [1.82, 2.24) is 0 Å². The van der Waals surface area contributed by atoms with Crippen molar-refractivity contribution in [2.75, 3.05) is 47.0 Å². The zero-order valence-corrected chi connectivity index (χ0v) is 94.0. The predicted molar refractivity (Wildman–Crippen MR) is 527 cm³/mol. The average Bonchev–Trinajstić information content (AvgIpc) is 0.897. The average molecular weight is 1980 g/mol. The fourth-order valence-electron chi connectivity index (χ4n) is 7.46. The molecule has 0 saturated heterocycles. The zero-order valence-electron chi connectivity index (χ0n) is 94.0. The van der Waals surface area contributed by atoms with Gasteiger partial charge in [-0.05, 0) is 204 Å². The molecule has 0 aliphatic rings. The Hall–Kier alpha value is -1.73. The van der Waals surface area contributed by atoms with Gasteiger partial charge in [-0.1, -0.05) is 352 Å². The SMILES string of the molecule is CC(C)C(C)C.CC(C)C(C)C(F)F.CC(C)C(C)CC(F)(F)F.CC(C)C(C)CC(F)(F)F.CC(C)C(C)CC(F)F.CC(C)C(C)CCC(F)(F)F.CC(C)C(C)CCC(F)F.CC(C)C(C)CCCF.CC(C)C(C)CCF.CC(C)C(C)CF.CC(C)C(C)COC(F)(F)F.CC(C)C(C)COC(F)F.CCC(C)C(C)C.CCCC(C)C(C)C.COCC(C)C(C)C. The van der Waals surface area contributed by atoms with Gasteiger partial charge in [0.1, 0.15) is 0 Å². The van der Waals surface area contributed by atoms with E-state index in [0.29, 0.717) is 71.5 Å². The van der Waals surface area contributed by atoms with Crippen molar-refractivity contribution in [3.05, 3.63) is 0 Å². The summed E-state index contributed by atoms with van der Waals surface area (Å²) in [6, 6.07) is 0. The van der Waals surface area contributed by atoms with Crippen LogP contribution in [-0.2, 0) is 14.2 Å². The number of halogens is 23. The van der Waals surface area contributed by atoms with Crippen LogP contribution in [0.1, 0.15) is 416 Å². The van der Waals surface area contributed by atoms with E-state index in [1.807, 2.05) is 104 Å². The fraction of sp³-hybridized carbons (Fsp3) is 1.00. The zero-order chi connectivity index (χ0) is 109. The second-order valence-corrected chi connectivity index (χ2v) is 42.7. The molecule has 0 aromatic heterocycles. The number of alkyl halides is 23. The van der Waals surface area contributed by atoms with Crippen molar-refractivity contribution in [1.29, 1.82) is 0 Å². The summed E-state index contributed by atoms with van der Waals surface area (Å²) in [6.07, 6.45) is -17.3. The highest BCUT2D eigenvalue weighted by atomic mass is 19.4. The molecule has 26 heteroatoms. The van der Waals surface area contributed by atoms with E-state index < -0.39 is 76.0 Å². The van der Waals surface area contributed by atoms with Gasteiger partial charge in [0.15, 0.2) is 0 Å². The molecule has 14 unspecified atom stereocenters. The minimum Gasteiger partial charge on any atom is -0.384 e. The number of rotatable bonds is 41. The Labute approximate surface area is 802 Å². The monoisotopic (exact) mass is 1980 g/mol. The van der Waals surface area contributed by atoms with Crippen LogP contribution in [0.5, 0.6) is 0 Å². The molecule has 0 heterocycles. The summed E-state index contributed by atoms with van der Waals surface area (Å²) in [6.45, 7) is 95.0. The number of hydrogen-bond donors (Lipinski definition) is 0. The van der Waals surface area contributed by atoms with Crippen molar-refractivity contribution in [2.24, 2.45) is 178 Å². The van der Waals surface area contributed by atoms with Crippen LogP contribution in [-0.4, -0.2) is 97.7 Å². The topological polar surface area (TPSA) is 27.7 Å². The van der Waals surface area contributed by atoms with Gasteiger partial charge in [0.2, 0.25) is 19.3 Å². The van der Waals surface area contributed by atoms with Gasteiger partial charge < -0.3 is 9.47 Å². The van der Waals surface area contributed by atoms with Crippen molar-refractivity contribution in [3.8, 4) is 0 Å². The van der Waals surface area contributed by atoms with Crippen LogP contribution in [0.25, 0.3) is 0 Å². The van der Waals surface area contributed by atoms with Gasteiger partial charge in [0.25, 0.3) is 0 Å². The predicted octanol–water partition coefficient (Wildman–Crippen LogP) is 42.1. The Morgan fingerprint density at radius 3 is 0.689 bits per heavy atom. The highest BCUT2D eigenvalue weighted by molar-refractivity contribution is 4.67. The lowest BCUT2D eigenvalue weighted by molar-refractivity contribution is -0.328. The molecule has 0 saturated carbocycles. The molecule has 0 amide bonds. The van der Waals surface area contributed by atoms with Gasteiger partial charge in [0.05, 0.1) is 33.2 Å². The van der Waals surface area contributed by atoms with Crippen LogP contribution < -0.4 is 0 Å². The van der Waals surface area contributed by atoms with Crippen LogP contribution >= 0.6 is 0 Å². The minimum atomic E-state index is -4.48. The van der Waals surface area contributed by atoms with Crippen LogP contribution in [0.2, 0.25) is 0 Å². The Morgan fingerprint density at radius 2 is 0.538 bits per heavy atom. The smallest absolute Gasteiger partial charge is 0.384 e. The molecule has 0 aliphatic carbocycles. The molecule has 3 nitrogen and oxygen atoms in total. The van der Waals surface area contributed by atoms with Gasteiger partial charge in [0, 0.05) is 51.7 Å². The molecule has 0 N–H and O–H groups in total. The number of hydrogen-bond acceptors (Lipinski definition) is 3. The van der Waals surface area contributed by atoms with E-state index >= 15 is 0 Å². The Morgan fingerprint density at radius 1 is 0.250 bits per heavy atom. The minimum absolute atomic E-state index is 0.0394. The van der Waals surface area contributed by atoms with Crippen LogP contribution in [0.15, 0.2) is 0 Å². The molecule has 0 spiro atoms. The molecule has 0 aromatic rings. The van der Waals surface area contributed by atoms with Crippen molar-refractivity contribution in [2.45, 2.75) is 467 Å². The normalized spacial score (nSPS) is 14.9. The van der Waals surface area contributed by atoms with Gasteiger partial charge in [-0.3, -0.25) is 17.9 Å². The highest BCUT2D eigenvalue weighted by Gasteiger charge is 2.33. The third-order valence-corrected chi connectivity index (χ3v) is 25.4. The Bertz CT molecular complexity index is 2020. The van der Waals surface area contributed by atoms with Crippen LogP contribution in [0, 0.1) is 178 Å². The maximum Gasteiger partial charge on any atom is 0.522 e. The second kappa shape index (κ2) is 99.4. The summed E-state index contributed by atoms with van der Waals surface area (Å²) in [5.74, 6) is 12.1. The maximum absolute atomic E-state index is 11.7. The molecule has 822 valence electrons. The molecule has 0 aromatic carbocycles. The lowest BCUT2D eigenvalue weighted by Gasteiger charge is -2.16. The van der Waals surface area contributed by atoms with Crippen molar-refractivity contribution in [3.63, 3.8) is 0 Å². The molecule has 0 fully saturated rings. The third kappa shape index (κ3) is 156. The number of ether oxygens (including phenoxy) is 3. The summed E-state index contributed by atoms with van der Waals surface area (Å²) in [7, 11) is 1.75. The molecular formula is C106H219F23O3. The molecule has 0 radical (unpaired) electrons. The summed E-state index contributed by atoms with van der Waals surface area (Å²) in [4.78, 5) is 0. The summed E-state index contributed by atoms with van der Waals surface area (Å²) in [5, 5.41) is 0. The lowest BCUT2D eigenvalue weighted by atomic mass is 9.93. The van der Waals surface area contributed by atoms with Gasteiger partial charge in [-0.15, -0.1) is 13.2 Å². The molecule has 132 heavy (non-hydrogen) atoms. The highest BCUT2D eigenvalue weighted by Crippen LogP contribution is 2.32. The van der Waals surface area contributed by atoms with E-state index in [1.165, 1.54) is 19.3 Å². The third-order valence-electron chi connectivity index (χ3n) is 25.4. The lowest BCUT2D eigenvalue weighted by Crippen LogP contribution is -2.20. The molecule has 14 atom stereocenters. The summed E-state index contributed by atoms with van der Waals surface area (Å²) >= 11 is 0. The maximum atomic E-state index is 11.7. The van der Waals surface area contributed by atoms with E-state index in [-0.39, 0.29) is 118 Å².